The molecule has 0 bridgehead atoms. The van der Waals surface area contributed by atoms with Crippen LogP contribution in [-0.2, 0) is 5.41 Å². The molecule has 0 amide bonds. The van der Waals surface area contributed by atoms with Gasteiger partial charge in [0.15, 0.2) is 0 Å². The second kappa shape index (κ2) is 4.93. The zero-order valence-electron chi connectivity index (χ0n) is 12.4. The summed E-state index contributed by atoms with van der Waals surface area (Å²) in [5.74, 6) is 0. The molecule has 0 unspecified atom stereocenters. The first-order chi connectivity index (χ1) is 8.39. The van der Waals surface area contributed by atoms with Crippen LogP contribution < -0.4 is 10.2 Å². The Hall–Kier alpha value is -1.02. The summed E-state index contributed by atoms with van der Waals surface area (Å²) in [5.41, 5.74) is 5.96. The molecule has 2 nitrogen and oxygen atoms in total. The van der Waals surface area contributed by atoms with E-state index in [1.165, 1.54) is 22.4 Å². The van der Waals surface area contributed by atoms with Crippen LogP contribution in [0.5, 0.6) is 0 Å². The predicted molar refractivity (Wildman–Crippen MR) is 79.7 cm³/mol. The maximum Gasteiger partial charge on any atom is 0.0426 e. The number of hydrogen-bond acceptors (Lipinski definition) is 2. The number of anilines is 1. The van der Waals surface area contributed by atoms with Crippen molar-refractivity contribution < 1.29 is 0 Å². The van der Waals surface area contributed by atoms with Gasteiger partial charge in [0, 0.05) is 31.9 Å². The van der Waals surface area contributed by atoms with E-state index in [1.54, 1.807) is 0 Å². The number of aryl methyl sites for hydroxylation is 2. The van der Waals surface area contributed by atoms with Crippen LogP contribution in [0, 0.1) is 13.8 Å². The summed E-state index contributed by atoms with van der Waals surface area (Å²) < 4.78 is 0. The quantitative estimate of drug-likeness (QED) is 0.819. The molecule has 18 heavy (non-hydrogen) atoms. The molecule has 0 atom stereocenters. The van der Waals surface area contributed by atoms with Crippen LogP contribution in [0.3, 0.4) is 0 Å². The standard InChI is InChI=1S/C16H26N2/c1-12-10-14(16(3,4)5)11-13(2)15(12)18-8-6-17-7-9-18/h10-11,17H,6-9H2,1-5H3. The van der Waals surface area contributed by atoms with Crippen molar-refractivity contribution >= 4 is 5.69 Å². The van der Waals surface area contributed by atoms with Crippen LogP contribution in [0.25, 0.3) is 0 Å². The first-order valence-electron chi connectivity index (χ1n) is 6.97. The van der Waals surface area contributed by atoms with Crippen LogP contribution in [0.15, 0.2) is 12.1 Å². The number of nitrogens with zero attached hydrogens (tertiary/aromatic N) is 1. The highest BCUT2D eigenvalue weighted by Crippen LogP contribution is 2.31. The van der Waals surface area contributed by atoms with Gasteiger partial charge < -0.3 is 10.2 Å². The van der Waals surface area contributed by atoms with Gasteiger partial charge in [0.05, 0.1) is 0 Å². The summed E-state index contributed by atoms with van der Waals surface area (Å²) in [5, 5.41) is 3.42. The third kappa shape index (κ3) is 2.69. The molecule has 1 aromatic rings. The number of benzene rings is 1. The fourth-order valence-electron chi connectivity index (χ4n) is 2.78. The number of nitrogens with one attached hydrogen (secondary N) is 1. The molecule has 1 heterocycles. The zero-order valence-corrected chi connectivity index (χ0v) is 12.4. The molecule has 0 radical (unpaired) electrons. The van der Waals surface area contributed by atoms with Crippen LogP contribution >= 0.6 is 0 Å². The van der Waals surface area contributed by atoms with Crippen molar-refractivity contribution in [2.45, 2.75) is 40.0 Å². The van der Waals surface area contributed by atoms with Crippen molar-refractivity contribution in [1.29, 1.82) is 0 Å². The lowest BCUT2D eigenvalue weighted by Gasteiger charge is -2.33. The third-order valence-electron chi connectivity index (χ3n) is 3.79. The van der Waals surface area contributed by atoms with Crippen molar-refractivity contribution in [2.24, 2.45) is 0 Å². The Morgan fingerprint density at radius 2 is 1.50 bits per heavy atom. The Morgan fingerprint density at radius 3 is 1.94 bits per heavy atom. The van der Waals surface area contributed by atoms with Gasteiger partial charge in [-0.1, -0.05) is 32.9 Å². The Morgan fingerprint density at radius 1 is 1.00 bits per heavy atom. The summed E-state index contributed by atoms with van der Waals surface area (Å²) in [7, 11) is 0. The lowest BCUT2D eigenvalue weighted by Crippen LogP contribution is -2.44. The molecule has 1 aliphatic rings. The topological polar surface area (TPSA) is 15.3 Å². The van der Waals surface area contributed by atoms with Crippen molar-refractivity contribution in [3.8, 4) is 0 Å². The lowest BCUT2D eigenvalue weighted by atomic mass is 9.84. The predicted octanol–water partition coefficient (Wildman–Crippen LogP) is 3.01. The molecule has 100 valence electrons. The molecular weight excluding hydrogens is 220 g/mol. The van der Waals surface area contributed by atoms with E-state index in [-0.39, 0.29) is 5.41 Å². The van der Waals surface area contributed by atoms with Crippen molar-refractivity contribution in [3.05, 3.63) is 28.8 Å². The van der Waals surface area contributed by atoms with Gasteiger partial charge in [-0.3, -0.25) is 0 Å². The lowest BCUT2D eigenvalue weighted by molar-refractivity contribution is 0.581. The molecule has 1 aliphatic heterocycles. The van der Waals surface area contributed by atoms with Crippen LogP contribution in [-0.4, -0.2) is 26.2 Å². The fraction of sp³-hybridized carbons (Fsp3) is 0.625. The summed E-state index contributed by atoms with van der Waals surface area (Å²) in [4.78, 5) is 2.52. The van der Waals surface area contributed by atoms with Gasteiger partial charge in [-0.15, -0.1) is 0 Å². The number of hydrogen-bond donors (Lipinski definition) is 1. The highest BCUT2D eigenvalue weighted by Gasteiger charge is 2.19. The molecule has 1 fully saturated rings. The van der Waals surface area contributed by atoms with Crippen LogP contribution in [0.2, 0.25) is 0 Å². The van der Waals surface area contributed by atoms with Gasteiger partial charge in [-0.2, -0.15) is 0 Å². The van der Waals surface area contributed by atoms with Gasteiger partial charge in [-0.05, 0) is 36.0 Å². The van der Waals surface area contributed by atoms with Crippen molar-refractivity contribution in [2.75, 3.05) is 31.1 Å². The van der Waals surface area contributed by atoms with E-state index in [0.717, 1.165) is 26.2 Å². The number of piperazine rings is 1. The first kappa shape index (κ1) is 13.4. The molecule has 1 saturated heterocycles. The minimum absolute atomic E-state index is 0.234. The van der Waals surface area contributed by atoms with E-state index in [2.05, 4.69) is 57.0 Å². The van der Waals surface area contributed by atoms with E-state index >= 15 is 0 Å². The second-order valence-corrected chi connectivity index (χ2v) is 6.45. The largest absolute Gasteiger partial charge is 0.369 e. The summed E-state index contributed by atoms with van der Waals surface area (Å²) in [6, 6.07) is 4.73. The average molecular weight is 246 g/mol. The Labute approximate surface area is 111 Å². The molecule has 1 aromatic carbocycles. The van der Waals surface area contributed by atoms with E-state index in [9.17, 15) is 0 Å². The first-order valence-corrected chi connectivity index (χ1v) is 6.97. The average Bonchev–Trinajstić information content (AvgIpc) is 2.28. The maximum atomic E-state index is 3.42. The van der Waals surface area contributed by atoms with Gasteiger partial charge in [0.25, 0.3) is 0 Å². The van der Waals surface area contributed by atoms with E-state index in [1.807, 2.05) is 0 Å². The van der Waals surface area contributed by atoms with E-state index in [0.29, 0.717) is 0 Å². The molecule has 2 heteroatoms. The second-order valence-electron chi connectivity index (χ2n) is 6.45. The Kier molecular flexibility index (Phi) is 3.67. The number of rotatable bonds is 1. The fourth-order valence-corrected chi connectivity index (χ4v) is 2.78. The van der Waals surface area contributed by atoms with Gasteiger partial charge >= 0.3 is 0 Å². The van der Waals surface area contributed by atoms with Crippen molar-refractivity contribution in [1.82, 2.24) is 5.32 Å². The van der Waals surface area contributed by atoms with E-state index in [4.69, 9.17) is 0 Å². The van der Waals surface area contributed by atoms with Gasteiger partial charge in [0.1, 0.15) is 0 Å². The summed E-state index contributed by atoms with van der Waals surface area (Å²) in [6.07, 6.45) is 0. The monoisotopic (exact) mass is 246 g/mol. The van der Waals surface area contributed by atoms with Gasteiger partial charge in [-0.25, -0.2) is 0 Å². The molecule has 1 N–H and O–H groups in total. The molecular formula is C16H26N2. The minimum atomic E-state index is 0.234. The van der Waals surface area contributed by atoms with E-state index < -0.39 is 0 Å². The van der Waals surface area contributed by atoms with Gasteiger partial charge in [0.2, 0.25) is 0 Å². The molecule has 0 saturated carbocycles. The summed E-state index contributed by atoms with van der Waals surface area (Å²) in [6.45, 7) is 15.8. The SMILES string of the molecule is Cc1cc(C(C)(C)C)cc(C)c1N1CCNCC1. The third-order valence-corrected chi connectivity index (χ3v) is 3.79. The molecule has 2 rings (SSSR count). The minimum Gasteiger partial charge on any atom is -0.369 e. The molecule has 0 aromatic heterocycles. The molecule has 0 aliphatic carbocycles. The summed E-state index contributed by atoms with van der Waals surface area (Å²) >= 11 is 0. The normalized spacial score (nSPS) is 17.1. The highest BCUT2D eigenvalue weighted by atomic mass is 15.2. The highest BCUT2D eigenvalue weighted by molar-refractivity contribution is 5.61. The smallest absolute Gasteiger partial charge is 0.0426 e. The van der Waals surface area contributed by atoms with Crippen molar-refractivity contribution in [3.63, 3.8) is 0 Å². The van der Waals surface area contributed by atoms with Crippen LogP contribution in [0.1, 0.15) is 37.5 Å². The Balaban J connectivity index is 2.37. The molecule has 0 spiro atoms. The Bertz CT molecular complexity index is 400. The zero-order chi connectivity index (χ0) is 13.3. The van der Waals surface area contributed by atoms with Crippen LogP contribution in [0.4, 0.5) is 5.69 Å². The maximum absolute atomic E-state index is 3.42.